The second-order valence-electron chi connectivity index (χ2n) is 5.27. The molecule has 0 aliphatic carbocycles. The Balaban J connectivity index is 0.00000196. The molecule has 146 valence electrons. The standard InChI is InChI=1S/C17H15N7O2.2ClH/c18-16(23-25)11-3-1-10(2-4-11)14-8-20-9-15(22-14)13-6-5-12(7-21-13)17(19)24-26;;/h1-9,25-26H,(H2,18,23)(H2,19,24);2*1H. The molecule has 0 spiro atoms. The highest BCUT2D eigenvalue weighted by atomic mass is 35.5. The van der Waals surface area contributed by atoms with Crippen LogP contribution in [0.5, 0.6) is 0 Å². The lowest BCUT2D eigenvalue weighted by Gasteiger charge is -2.06. The van der Waals surface area contributed by atoms with E-state index < -0.39 is 0 Å². The summed E-state index contributed by atoms with van der Waals surface area (Å²) < 4.78 is 0. The maximum atomic E-state index is 8.71. The fourth-order valence-corrected chi connectivity index (χ4v) is 2.25. The van der Waals surface area contributed by atoms with Crippen molar-refractivity contribution in [1.82, 2.24) is 15.0 Å². The van der Waals surface area contributed by atoms with Crippen molar-refractivity contribution in [1.29, 1.82) is 0 Å². The van der Waals surface area contributed by atoms with Gasteiger partial charge in [0.1, 0.15) is 5.69 Å². The Labute approximate surface area is 172 Å². The molecule has 9 nitrogen and oxygen atoms in total. The molecule has 0 saturated heterocycles. The molecule has 11 heteroatoms. The molecule has 0 amide bonds. The number of nitrogens with zero attached hydrogens (tertiary/aromatic N) is 5. The van der Waals surface area contributed by atoms with Crippen molar-refractivity contribution in [2.24, 2.45) is 21.8 Å². The summed E-state index contributed by atoms with van der Waals surface area (Å²) in [5.74, 6) is 0.0148. The number of aromatic nitrogens is 3. The summed E-state index contributed by atoms with van der Waals surface area (Å²) in [5.41, 5.74) is 14.8. The number of benzene rings is 1. The van der Waals surface area contributed by atoms with Gasteiger partial charge >= 0.3 is 0 Å². The minimum absolute atomic E-state index is 0. The predicted octanol–water partition coefficient (Wildman–Crippen LogP) is 2.24. The smallest absolute Gasteiger partial charge is 0.171 e. The van der Waals surface area contributed by atoms with Crippen LogP contribution in [0.1, 0.15) is 11.1 Å². The average molecular weight is 422 g/mol. The van der Waals surface area contributed by atoms with Crippen LogP contribution in [0.2, 0.25) is 0 Å². The normalized spacial score (nSPS) is 11.3. The maximum absolute atomic E-state index is 8.71. The van der Waals surface area contributed by atoms with E-state index in [1.54, 1.807) is 48.8 Å². The van der Waals surface area contributed by atoms with Crippen LogP contribution >= 0.6 is 24.8 Å². The molecule has 0 aliphatic rings. The minimum atomic E-state index is -0.0188. The highest BCUT2D eigenvalue weighted by Gasteiger charge is 2.08. The Bertz CT molecular complexity index is 901. The molecule has 0 atom stereocenters. The van der Waals surface area contributed by atoms with Crippen LogP contribution in [0.15, 0.2) is 65.3 Å². The van der Waals surface area contributed by atoms with E-state index in [4.69, 9.17) is 21.9 Å². The molecule has 0 fully saturated rings. The first kappa shape index (κ1) is 22.6. The van der Waals surface area contributed by atoms with Crippen molar-refractivity contribution in [2.75, 3.05) is 0 Å². The molecule has 1 aromatic carbocycles. The van der Waals surface area contributed by atoms with Gasteiger partial charge in [-0.05, 0) is 12.1 Å². The van der Waals surface area contributed by atoms with Gasteiger partial charge in [0.05, 0.1) is 23.8 Å². The van der Waals surface area contributed by atoms with Gasteiger partial charge in [-0.1, -0.05) is 34.6 Å². The number of halogens is 2. The van der Waals surface area contributed by atoms with Gasteiger partial charge < -0.3 is 21.9 Å². The van der Waals surface area contributed by atoms with Crippen molar-refractivity contribution in [3.05, 3.63) is 66.1 Å². The molecule has 3 aromatic rings. The number of hydrogen-bond acceptors (Lipinski definition) is 7. The van der Waals surface area contributed by atoms with Gasteiger partial charge in [-0.2, -0.15) is 0 Å². The lowest BCUT2D eigenvalue weighted by molar-refractivity contribution is 0.318. The third-order valence-electron chi connectivity index (χ3n) is 3.65. The zero-order valence-electron chi connectivity index (χ0n) is 14.3. The molecular formula is C17H17Cl2N7O2. The van der Waals surface area contributed by atoms with Crippen molar-refractivity contribution >= 4 is 36.5 Å². The molecule has 28 heavy (non-hydrogen) atoms. The zero-order chi connectivity index (χ0) is 18.5. The lowest BCUT2D eigenvalue weighted by atomic mass is 10.1. The number of hydrogen-bond donors (Lipinski definition) is 4. The molecule has 6 N–H and O–H groups in total. The quantitative estimate of drug-likeness (QED) is 0.217. The van der Waals surface area contributed by atoms with Crippen LogP contribution in [-0.4, -0.2) is 37.0 Å². The summed E-state index contributed by atoms with van der Waals surface area (Å²) in [6.45, 7) is 0. The molecule has 0 aliphatic heterocycles. The van der Waals surface area contributed by atoms with Crippen LogP contribution in [0.25, 0.3) is 22.6 Å². The van der Waals surface area contributed by atoms with Crippen LogP contribution in [0.3, 0.4) is 0 Å². The second-order valence-corrected chi connectivity index (χ2v) is 5.27. The third kappa shape index (κ3) is 4.84. The molecule has 0 saturated carbocycles. The Morgan fingerprint density at radius 2 is 1.29 bits per heavy atom. The van der Waals surface area contributed by atoms with Crippen LogP contribution < -0.4 is 11.5 Å². The van der Waals surface area contributed by atoms with E-state index >= 15 is 0 Å². The summed E-state index contributed by atoms with van der Waals surface area (Å²) in [6, 6.07) is 10.4. The summed E-state index contributed by atoms with van der Waals surface area (Å²) >= 11 is 0. The lowest BCUT2D eigenvalue weighted by Crippen LogP contribution is -2.13. The Hall–Kier alpha value is -3.43. The molecule has 0 radical (unpaired) electrons. The van der Waals surface area contributed by atoms with Gasteiger partial charge in [-0.25, -0.2) is 4.98 Å². The van der Waals surface area contributed by atoms with E-state index in [-0.39, 0.29) is 36.5 Å². The van der Waals surface area contributed by atoms with Gasteiger partial charge in [-0.3, -0.25) is 9.97 Å². The molecule has 2 heterocycles. The summed E-state index contributed by atoms with van der Waals surface area (Å²) in [5, 5.41) is 23.3. The number of pyridine rings is 1. The number of amidine groups is 2. The van der Waals surface area contributed by atoms with Crippen molar-refractivity contribution < 1.29 is 10.4 Å². The van der Waals surface area contributed by atoms with Gasteiger partial charge in [-0.15, -0.1) is 24.8 Å². The number of oxime groups is 2. The monoisotopic (exact) mass is 421 g/mol. The minimum Gasteiger partial charge on any atom is -0.409 e. The van der Waals surface area contributed by atoms with E-state index in [2.05, 4.69) is 25.3 Å². The van der Waals surface area contributed by atoms with E-state index in [1.165, 1.54) is 6.20 Å². The fraction of sp³-hybridized carbons (Fsp3) is 0. The van der Waals surface area contributed by atoms with Crippen LogP contribution in [0.4, 0.5) is 0 Å². The van der Waals surface area contributed by atoms with Gasteiger partial charge in [0.25, 0.3) is 0 Å². The highest BCUT2D eigenvalue weighted by Crippen LogP contribution is 2.21. The molecule has 0 unspecified atom stereocenters. The largest absolute Gasteiger partial charge is 0.409 e. The average Bonchev–Trinajstić information content (AvgIpc) is 2.73. The van der Waals surface area contributed by atoms with E-state index in [1.807, 2.05) is 0 Å². The summed E-state index contributed by atoms with van der Waals surface area (Å²) in [6.07, 6.45) is 4.72. The van der Waals surface area contributed by atoms with Crippen LogP contribution in [-0.2, 0) is 0 Å². The first-order valence-electron chi connectivity index (χ1n) is 7.47. The van der Waals surface area contributed by atoms with Crippen molar-refractivity contribution in [3.8, 4) is 22.6 Å². The Morgan fingerprint density at radius 3 is 1.86 bits per heavy atom. The Kier molecular flexibility index (Phi) is 8.11. The topological polar surface area (TPSA) is 156 Å². The van der Waals surface area contributed by atoms with Crippen LogP contribution in [0, 0.1) is 0 Å². The molecule has 3 rings (SSSR count). The number of nitrogens with two attached hydrogens (primary N) is 2. The fourth-order valence-electron chi connectivity index (χ4n) is 2.25. The number of rotatable bonds is 4. The summed E-state index contributed by atoms with van der Waals surface area (Å²) in [4.78, 5) is 13.0. The highest BCUT2D eigenvalue weighted by molar-refractivity contribution is 5.97. The van der Waals surface area contributed by atoms with E-state index in [0.717, 1.165) is 5.56 Å². The predicted molar refractivity (Wildman–Crippen MR) is 110 cm³/mol. The molecule has 2 aromatic heterocycles. The van der Waals surface area contributed by atoms with Gasteiger partial charge in [0, 0.05) is 22.9 Å². The first-order chi connectivity index (χ1) is 12.6. The molecular weight excluding hydrogens is 405 g/mol. The van der Waals surface area contributed by atoms with Crippen molar-refractivity contribution in [3.63, 3.8) is 0 Å². The summed E-state index contributed by atoms with van der Waals surface area (Å²) in [7, 11) is 0. The maximum Gasteiger partial charge on any atom is 0.171 e. The second kappa shape index (κ2) is 10.0. The molecule has 0 bridgehead atoms. The van der Waals surface area contributed by atoms with Gasteiger partial charge in [0.15, 0.2) is 11.7 Å². The SMILES string of the molecule is Cl.Cl.N/C(=N/O)c1ccc(-c2cncc(-c3ccc(/C(N)=N\O)cn3)n2)cc1. The van der Waals surface area contributed by atoms with E-state index in [0.29, 0.717) is 28.2 Å². The van der Waals surface area contributed by atoms with E-state index in [9.17, 15) is 0 Å². The van der Waals surface area contributed by atoms with Gasteiger partial charge in [0.2, 0.25) is 0 Å². The Morgan fingerprint density at radius 1 is 0.714 bits per heavy atom. The third-order valence-corrected chi connectivity index (χ3v) is 3.65. The zero-order valence-corrected chi connectivity index (χ0v) is 15.9. The first-order valence-corrected chi connectivity index (χ1v) is 7.47. The van der Waals surface area contributed by atoms with Crippen molar-refractivity contribution in [2.45, 2.75) is 0 Å².